The highest BCUT2D eigenvalue weighted by Gasteiger charge is 2.47. The number of hydrogen-bond donors (Lipinski definition) is 2. The third kappa shape index (κ3) is 3.45. The van der Waals surface area contributed by atoms with E-state index in [0.717, 1.165) is 43.0 Å². The largest absolute Gasteiger partial charge is 0.369 e. The molecule has 2 N–H and O–H groups in total. The molecule has 1 saturated carbocycles. The van der Waals surface area contributed by atoms with Crippen molar-refractivity contribution in [3.05, 3.63) is 35.8 Å². The van der Waals surface area contributed by atoms with Crippen molar-refractivity contribution in [3.63, 3.8) is 0 Å². The second kappa shape index (κ2) is 7.37. The molecule has 2 fully saturated rings. The predicted octanol–water partition coefficient (Wildman–Crippen LogP) is 3.55. The molecule has 1 saturated heterocycles. The molecular weight excluding hydrogens is 406 g/mol. The van der Waals surface area contributed by atoms with Crippen LogP contribution in [0.1, 0.15) is 38.5 Å². The molecule has 9 heteroatoms. The van der Waals surface area contributed by atoms with Crippen molar-refractivity contribution in [1.82, 2.24) is 9.29 Å². The first-order chi connectivity index (χ1) is 14.1. The Labute approximate surface area is 175 Å². The summed E-state index contributed by atoms with van der Waals surface area (Å²) in [4.78, 5) is 9.52. The van der Waals surface area contributed by atoms with Gasteiger partial charge in [0.2, 0.25) is 0 Å². The number of nitrogens with one attached hydrogen (secondary N) is 2. The monoisotopic (exact) mass is 431 g/mol. The summed E-state index contributed by atoms with van der Waals surface area (Å²) in [6, 6.07) is 7.64. The van der Waals surface area contributed by atoms with Crippen LogP contribution in [0.3, 0.4) is 0 Å². The molecule has 154 valence electrons. The van der Waals surface area contributed by atoms with E-state index in [1.54, 1.807) is 22.6 Å². The summed E-state index contributed by atoms with van der Waals surface area (Å²) in [6.07, 6.45) is 7.95. The lowest BCUT2D eigenvalue weighted by Gasteiger charge is -2.46. The average Bonchev–Trinajstić information content (AvgIpc) is 3.43. The van der Waals surface area contributed by atoms with E-state index in [9.17, 15) is 8.42 Å². The van der Waals surface area contributed by atoms with Crippen molar-refractivity contribution in [2.75, 3.05) is 23.7 Å². The predicted molar refractivity (Wildman–Crippen MR) is 116 cm³/mol. The summed E-state index contributed by atoms with van der Waals surface area (Å²) in [5.41, 5.74) is 0.342. The smallest absolute Gasteiger partial charge is 0.252 e. The Morgan fingerprint density at radius 1 is 1.21 bits per heavy atom. The molecule has 7 nitrogen and oxygen atoms in total. The molecule has 1 aliphatic carbocycles. The number of nitrogens with zero attached hydrogens (tertiary/aromatic N) is 3. The molecule has 4 heterocycles. The van der Waals surface area contributed by atoms with Crippen LogP contribution in [0, 0.1) is 0 Å². The Hall–Kier alpha value is -1.97. The number of pyridine rings is 1. The van der Waals surface area contributed by atoms with Crippen LogP contribution in [0.2, 0.25) is 0 Å². The minimum absolute atomic E-state index is 0.297. The van der Waals surface area contributed by atoms with E-state index in [2.05, 4.69) is 15.6 Å². The first-order valence-electron chi connectivity index (χ1n) is 10.2. The van der Waals surface area contributed by atoms with Gasteiger partial charge in [0.25, 0.3) is 10.0 Å². The fourth-order valence-corrected chi connectivity index (χ4v) is 7.26. The highest BCUT2D eigenvalue weighted by Crippen LogP contribution is 2.37. The Bertz CT molecular complexity index is 1020. The molecule has 0 aromatic carbocycles. The summed E-state index contributed by atoms with van der Waals surface area (Å²) in [6.45, 7) is 0.889. The molecule has 2 aromatic rings. The summed E-state index contributed by atoms with van der Waals surface area (Å²) >= 11 is 1.27. The zero-order chi connectivity index (χ0) is 19.9. The van der Waals surface area contributed by atoms with Gasteiger partial charge < -0.3 is 10.6 Å². The Balaban J connectivity index is 1.53. The third-order valence-corrected chi connectivity index (χ3v) is 9.27. The Kier molecular flexibility index (Phi) is 4.84. The van der Waals surface area contributed by atoms with Crippen LogP contribution in [0.25, 0.3) is 0 Å². The SMILES string of the molecule is O=S(=O)(c1cccs1)N1CCCC2(C1)Nc1cccnc1NC2=NC1CCCC1. The number of amidine groups is 1. The number of anilines is 2. The minimum atomic E-state index is -3.51. The molecule has 0 bridgehead atoms. The van der Waals surface area contributed by atoms with E-state index in [1.165, 1.54) is 24.2 Å². The molecule has 0 amide bonds. The fourth-order valence-electron chi connectivity index (χ4n) is 4.58. The van der Waals surface area contributed by atoms with E-state index in [4.69, 9.17) is 4.99 Å². The van der Waals surface area contributed by atoms with Crippen molar-refractivity contribution < 1.29 is 8.42 Å². The lowest BCUT2D eigenvalue weighted by molar-refractivity contribution is 0.294. The first-order valence-corrected chi connectivity index (χ1v) is 12.5. The Morgan fingerprint density at radius 2 is 2.07 bits per heavy atom. The molecule has 2 aliphatic heterocycles. The molecule has 1 unspecified atom stereocenters. The van der Waals surface area contributed by atoms with Crippen LogP contribution in [-0.2, 0) is 10.0 Å². The maximum atomic E-state index is 13.2. The lowest BCUT2D eigenvalue weighted by atomic mass is 9.86. The van der Waals surface area contributed by atoms with E-state index < -0.39 is 15.6 Å². The maximum Gasteiger partial charge on any atom is 0.252 e. The normalized spacial score (nSPS) is 27.0. The van der Waals surface area contributed by atoms with Gasteiger partial charge in [0.1, 0.15) is 15.6 Å². The van der Waals surface area contributed by atoms with Gasteiger partial charge in [-0.15, -0.1) is 11.3 Å². The van der Waals surface area contributed by atoms with E-state index >= 15 is 0 Å². The van der Waals surface area contributed by atoms with Crippen LogP contribution in [-0.4, -0.2) is 48.2 Å². The van der Waals surface area contributed by atoms with Crippen LogP contribution in [0.15, 0.2) is 45.0 Å². The molecule has 2 aromatic heterocycles. The molecule has 3 aliphatic rings. The van der Waals surface area contributed by atoms with Gasteiger partial charge in [0.15, 0.2) is 5.82 Å². The molecule has 1 atom stereocenters. The molecule has 29 heavy (non-hydrogen) atoms. The minimum Gasteiger partial charge on any atom is -0.369 e. The quantitative estimate of drug-likeness (QED) is 0.776. The summed E-state index contributed by atoms with van der Waals surface area (Å²) in [5, 5.41) is 8.88. The summed E-state index contributed by atoms with van der Waals surface area (Å²) in [5.74, 6) is 1.59. The number of aromatic nitrogens is 1. The lowest BCUT2D eigenvalue weighted by Crippen LogP contribution is -2.62. The Morgan fingerprint density at radius 3 is 2.86 bits per heavy atom. The van der Waals surface area contributed by atoms with Crippen molar-refractivity contribution >= 4 is 38.7 Å². The van der Waals surface area contributed by atoms with Crippen molar-refractivity contribution in [2.24, 2.45) is 4.99 Å². The van der Waals surface area contributed by atoms with Crippen LogP contribution >= 0.6 is 11.3 Å². The maximum absolute atomic E-state index is 13.2. The highest BCUT2D eigenvalue weighted by molar-refractivity contribution is 7.91. The van der Waals surface area contributed by atoms with Gasteiger partial charge in [-0.3, -0.25) is 4.99 Å². The highest BCUT2D eigenvalue weighted by atomic mass is 32.2. The molecule has 5 rings (SSSR count). The number of piperidine rings is 1. The van der Waals surface area contributed by atoms with Gasteiger partial charge in [-0.25, -0.2) is 13.4 Å². The number of hydrogen-bond acceptors (Lipinski definition) is 6. The van der Waals surface area contributed by atoms with Gasteiger partial charge in [-0.05, 0) is 49.3 Å². The van der Waals surface area contributed by atoms with Gasteiger partial charge in [0, 0.05) is 19.3 Å². The third-order valence-electron chi connectivity index (χ3n) is 6.05. The number of thiophene rings is 1. The average molecular weight is 432 g/mol. The van der Waals surface area contributed by atoms with Crippen molar-refractivity contribution in [1.29, 1.82) is 0 Å². The fraction of sp³-hybridized carbons (Fsp3) is 0.500. The standard InChI is InChI=1S/C20H25N5O2S2/c26-29(27,17-9-4-13-28-17)25-12-5-10-20(14-25)19(22-15-6-1-2-7-15)23-18-16(24-20)8-3-11-21-18/h3-4,8-9,11,13,15,24H,1-2,5-7,10,12,14H2,(H,21,22,23). The van der Waals surface area contributed by atoms with Crippen molar-refractivity contribution in [3.8, 4) is 0 Å². The second-order valence-corrected chi connectivity index (χ2v) is 11.1. The van der Waals surface area contributed by atoms with Crippen molar-refractivity contribution in [2.45, 2.75) is 54.3 Å². The second-order valence-electron chi connectivity index (χ2n) is 8.02. The molecule has 0 radical (unpaired) electrons. The van der Waals surface area contributed by atoms with Gasteiger partial charge in [-0.2, -0.15) is 4.31 Å². The van der Waals surface area contributed by atoms with Crippen LogP contribution in [0.5, 0.6) is 0 Å². The van der Waals surface area contributed by atoms with E-state index in [0.29, 0.717) is 23.3 Å². The number of sulfonamides is 1. The van der Waals surface area contributed by atoms with Crippen LogP contribution in [0.4, 0.5) is 11.5 Å². The van der Waals surface area contributed by atoms with Crippen LogP contribution < -0.4 is 10.6 Å². The number of aliphatic imine (C=N–C) groups is 1. The van der Waals surface area contributed by atoms with Gasteiger partial charge >= 0.3 is 0 Å². The summed E-state index contributed by atoms with van der Waals surface area (Å²) < 4.78 is 28.4. The summed E-state index contributed by atoms with van der Waals surface area (Å²) in [7, 11) is -3.51. The zero-order valence-corrected chi connectivity index (χ0v) is 17.8. The first kappa shape index (κ1) is 19.0. The topological polar surface area (TPSA) is 86.7 Å². The number of fused-ring (bicyclic) bond motifs is 1. The van der Waals surface area contributed by atoms with E-state index in [-0.39, 0.29) is 0 Å². The van der Waals surface area contributed by atoms with Gasteiger partial charge in [0.05, 0.1) is 11.7 Å². The van der Waals surface area contributed by atoms with E-state index in [1.807, 2.05) is 17.5 Å². The number of rotatable bonds is 3. The van der Waals surface area contributed by atoms with Gasteiger partial charge in [-0.1, -0.05) is 18.9 Å². The molecular formula is C20H25N5O2S2. The molecule has 1 spiro atoms. The zero-order valence-electron chi connectivity index (χ0n) is 16.2.